The van der Waals surface area contributed by atoms with Gasteiger partial charge in [0.1, 0.15) is 6.04 Å². The second-order valence-electron chi connectivity index (χ2n) is 4.07. The summed E-state index contributed by atoms with van der Waals surface area (Å²) in [7, 11) is 0. The summed E-state index contributed by atoms with van der Waals surface area (Å²) in [6, 6.07) is -0.991. The molecule has 2 atom stereocenters. The zero-order valence-corrected chi connectivity index (χ0v) is 10.9. The van der Waals surface area contributed by atoms with Crippen LogP contribution in [0.15, 0.2) is 0 Å². The van der Waals surface area contributed by atoms with Gasteiger partial charge in [-0.05, 0) is 27.7 Å². The standard InChI is InChI=1S/C10H20N2O3S/c1-5-12-8(13)6(2)16-10(3,4)7(11)9(14)15/h6-7H,5,11H2,1-4H3,(H,12,13)(H,14,15)/t6?,7-/m0/s1. The van der Waals surface area contributed by atoms with Gasteiger partial charge in [0.2, 0.25) is 5.91 Å². The molecule has 1 unspecified atom stereocenters. The number of hydrogen-bond acceptors (Lipinski definition) is 4. The number of carbonyl (C=O) groups is 2. The summed E-state index contributed by atoms with van der Waals surface area (Å²) in [5.41, 5.74) is 5.56. The highest BCUT2D eigenvalue weighted by molar-refractivity contribution is 8.02. The molecule has 0 aromatic heterocycles. The SMILES string of the molecule is CCNC(=O)C(C)SC(C)(C)[C@@H](N)C(=O)O. The van der Waals surface area contributed by atoms with Gasteiger partial charge in [-0.2, -0.15) is 0 Å². The first kappa shape index (κ1) is 15.2. The number of amides is 1. The Morgan fingerprint density at radius 2 is 2.00 bits per heavy atom. The lowest BCUT2D eigenvalue weighted by Gasteiger charge is -2.30. The van der Waals surface area contributed by atoms with Crippen molar-refractivity contribution in [2.24, 2.45) is 5.73 Å². The van der Waals surface area contributed by atoms with E-state index in [1.54, 1.807) is 20.8 Å². The minimum atomic E-state index is -1.06. The van der Waals surface area contributed by atoms with Crippen molar-refractivity contribution in [1.29, 1.82) is 0 Å². The first-order valence-corrected chi connectivity index (χ1v) is 6.04. The van der Waals surface area contributed by atoms with Crippen LogP contribution < -0.4 is 11.1 Å². The Hall–Kier alpha value is -0.750. The Morgan fingerprint density at radius 1 is 1.50 bits per heavy atom. The first-order chi connectivity index (χ1) is 7.22. The van der Waals surface area contributed by atoms with Gasteiger partial charge in [0.25, 0.3) is 0 Å². The maximum Gasteiger partial charge on any atom is 0.321 e. The molecule has 0 aliphatic carbocycles. The fraction of sp³-hybridized carbons (Fsp3) is 0.800. The molecule has 5 nitrogen and oxygen atoms in total. The molecule has 0 spiro atoms. The van der Waals surface area contributed by atoms with Crippen LogP contribution in [0.2, 0.25) is 0 Å². The first-order valence-electron chi connectivity index (χ1n) is 5.16. The highest BCUT2D eigenvalue weighted by Gasteiger charge is 2.35. The molecule has 94 valence electrons. The Kier molecular flexibility index (Phi) is 5.81. The van der Waals surface area contributed by atoms with E-state index < -0.39 is 16.8 Å². The van der Waals surface area contributed by atoms with E-state index in [0.717, 1.165) is 0 Å². The zero-order valence-electron chi connectivity index (χ0n) is 10.1. The van der Waals surface area contributed by atoms with Gasteiger partial charge in [-0.15, -0.1) is 11.8 Å². The number of nitrogens with one attached hydrogen (secondary N) is 1. The van der Waals surface area contributed by atoms with Gasteiger partial charge in [0.05, 0.1) is 5.25 Å². The van der Waals surface area contributed by atoms with E-state index in [-0.39, 0.29) is 11.2 Å². The molecule has 0 aliphatic heterocycles. The van der Waals surface area contributed by atoms with Crippen molar-refractivity contribution in [2.75, 3.05) is 6.54 Å². The van der Waals surface area contributed by atoms with Crippen molar-refractivity contribution in [3.05, 3.63) is 0 Å². The van der Waals surface area contributed by atoms with Crippen LogP contribution in [0.5, 0.6) is 0 Å². The highest BCUT2D eigenvalue weighted by Crippen LogP contribution is 2.31. The predicted molar refractivity (Wildman–Crippen MR) is 65.4 cm³/mol. The van der Waals surface area contributed by atoms with Gasteiger partial charge in [0, 0.05) is 11.3 Å². The zero-order chi connectivity index (χ0) is 12.9. The van der Waals surface area contributed by atoms with Gasteiger partial charge in [0.15, 0.2) is 0 Å². The van der Waals surface area contributed by atoms with Crippen LogP contribution >= 0.6 is 11.8 Å². The molecule has 0 saturated heterocycles. The van der Waals surface area contributed by atoms with E-state index >= 15 is 0 Å². The lowest BCUT2D eigenvalue weighted by molar-refractivity contribution is -0.139. The molecule has 0 rings (SSSR count). The summed E-state index contributed by atoms with van der Waals surface area (Å²) in [5.74, 6) is -1.15. The quantitative estimate of drug-likeness (QED) is 0.634. The molecular formula is C10H20N2O3S. The minimum absolute atomic E-state index is 0.0989. The van der Waals surface area contributed by atoms with E-state index in [9.17, 15) is 9.59 Å². The topological polar surface area (TPSA) is 92.4 Å². The van der Waals surface area contributed by atoms with Gasteiger partial charge in [-0.25, -0.2) is 0 Å². The Bertz CT molecular complexity index is 269. The number of aliphatic carboxylic acids is 1. The van der Waals surface area contributed by atoms with Crippen LogP contribution in [0.4, 0.5) is 0 Å². The van der Waals surface area contributed by atoms with Crippen molar-refractivity contribution in [3.8, 4) is 0 Å². The molecule has 0 heterocycles. The second kappa shape index (κ2) is 6.10. The molecule has 0 aromatic rings. The normalized spacial score (nSPS) is 15.3. The van der Waals surface area contributed by atoms with Crippen molar-refractivity contribution in [2.45, 2.75) is 43.7 Å². The molecule has 0 saturated carbocycles. The molecule has 0 radical (unpaired) electrons. The fourth-order valence-corrected chi connectivity index (χ4v) is 2.55. The monoisotopic (exact) mass is 248 g/mol. The van der Waals surface area contributed by atoms with Crippen molar-refractivity contribution >= 4 is 23.6 Å². The van der Waals surface area contributed by atoms with Gasteiger partial charge in [-0.1, -0.05) is 0 Å². The number of thioether (sulfide) groups is 1. The van der Waals surface area contributed by atoms with Crippen molar-refractivity contribution in [3.63, 3.8) is 0 Å². The molecule has 4 N–H and O–H groups in total. The van der Waals surface area contributed by atoms with Crippen LogP contribution in [0.1, 0.15) is 27.7 Å². The Morgan fingerprint density at radius 3 is 2.38 bits per heavy atom. The third-order valence-corrected chi connectivity index (χ3v) is 3.64. The molecule has 1 amide bonds. The molecule has 6 heteroatoms. The van der Waals surface area contributed by atoms with E-state index in [4.69, 9.17) is 10.8 Å². The second-order valence-corrected chi connectivity index (χ2v) is 6.07. The number of hydrogen-bond donors (Lipinski definition) is 3. The van der Waals surface area contributed by atoms with Crippen LogP contribution in [0.3, 0.4) is 0 Å². The summed E-state index contributed by atoms with van der Waals surface area (Å²) < 4.78 is -0.684. The van der Waals surface area contributed by atoms with Crippen LogP contribution in [0, 0.1) is 0 Å². The van der Waals surface area contributed by atoms with Gasteiger partial charge < -0.3 is 16.2 Å². The predicted octanol–water partition coefficient (Wildman–Crippen LogP) is 0.435. The molecule has 0 bridgehead atoms. The Labute approximate surface area is 100 Å². The molecule has 0 aliphatic rings. The Balaban J connectivity index is 4.46. The summed E-state index contributed by atoms with van der Waals surface area (Å²) in [4.78, 5) is 22.3. The van der Waals surface area contributed by atoms with Crippen LogP contribution in [0.25, 0.3) is 0 Å². The number of carboxylic acids is 1. The average molecular weight is 248 g/mol. The lowest BCUT2D eigenvalue weighted by atomic mass is 10.1. The average Bonchev–Trinajstić information content (AvgIpc) is 2.16. The molecular weight excluding hydrogens is 228 g/mol. The largest absolute Gasteiger partial charge is 0.480 e. The van der Waals surface area contributed by atoms with Gasteiger partial charge in [-0.3, -0.25) is 9.59 Å². The van der Waals surface area contributed by atoms with E-state index in [1.165, 1.54) is 11.8 Å². The van der Waals surface area contributed by atoms with Crippen molar-refractivity contribution < 1.29 is 14.7 Å². The number of rotatable bonds is 6. The number of carbonyl (C=O) groups excluding carboxylic acids is 1. The minimum Gasteiger partial charge on any atom is -0.480 e. The van der Waals surface area contributed by atoms with E-state index in [2.05, 4.69) is 5.32 Å². The smallest absolute Gasteiger partial charge is 0.321 e. The summed E-state index contributed by atoms with van der Waals surface area (Å²) in [5, 5.41) is 11.2. The number of carboxylic acid groups (broad SMARTS) is 1. The summed E-state index contributed by atoms with van der Waals surface area (Å²) in [6.45, 7) is 7.60. The fourth-order valence-electron chi connectivity index (χ4n) is 1.20. The third-order valence-electron chi connectivity index (χ3n) is 2.22. The van der Waals surface area contributed by atoms with Gasteiger partial charge >= 0.3 is 5.97 Å². The summed E-state index contributed by atoms with van der Waals surface area (Å²) >= 11 is 1.27. The van der Waals surface area contributed by atoms with Crippen LogP contribution in [-0.4, -0.2) is 39.6 Å². The maximum absolute atomic E-state index is 11.5. The molecule has 16 heavy (non-hydrogen) atoms. The van der Waals surface area contributed by atoms with Crippen LogP contribution in [-0.2, 0) is 9.59 Å². The van der Waals surface area contributed by atoms with E-state index in [1.807, 2.05) is 6.92 Å². The van der Waals surface area contributed by atoms with E-state index in [0.29, 0.717) is 6.54 Å². The lowest BCUT2D eigenvalue weighted by Crippen LogP contribution is -2.48. The third kappa shape index (κ3) is 4.40. The number of nitrogens with two attached hydrogens (primary N) is 1. The maximum atomic E-state index is 11.5. The highest BCUT2D eigenvalue weighted by atomic mass is 32.2. The summed E-state index contributed by atoms with van der Waals surface area (Å²) in [6.07, 6.45) is 0. The molecule has 0 aromatic carbocycles. The van der Waals surface area contributed by atoms with Crippen molar-refractivity contribution in [1.82, 2.24) is 5.32 Å². The molecule has 0 fully saturated rings.